The third-order valence-electron chi connectivity index (χ3n) is 1.73. The summed E-state index contributed by atoms with van der Waals surface area (Å²) in [6.45, 7) is 4.47. The van der Waals surface area contributed by atoms with Crippen LogP contribution in [-0.2, 0) is 13.9 Å². The predicted molar refractivity (Wildman–Crippen MR) is 45.7 cm³/mol. The fraction of sp³-hybridized carbons (Fsp3) is 1.00. The smallest absolute Gasteiger partial charge is 0.146 e. The highest BCUT2D eigenvalue weighted by Crippen LogP contribution is 2.10. The van der Waals surface area contributed by atoms with Crippen molar-refractivity contribution >= 4 is 10.5 Å². The third-order valence-corrected chi connectivity index (χ3v) is 2.06. The molecule has 0 saturated carbocycles. The second-order valence-electron chi connectivity index (χ2n) is 2.77. The highest BCUT2D eigenvalue weighted by molar-refractivity contribution is 5.97. The Morgan fingerprint density at radius 2 is 2.45 bits per heavy atom. The zero-order valence-corrected chi connectivity index (χ0v) is 9.21. The molecule has 1 aliphatic rings. The Labute approximate surface area is 70.6 Å². The fourth-order valence-electron chi connectivity index (χ4n) is 0.877. The number of epoxide rings is 1. The predicted octanol–water partition coefficient (Wildman–Crippen LogP) is -0.523. The molecule has 2 unspecified atom stereocenters. The van der Waals surface area contributed by atoms with Gasteiger partial charge >= 0.3 is 0 Å². The Kier molecular flexibility index (Phi) is 4.07. The van der Waals surface area contributed by atoms with Gasteiger partial charge in [0.05, 0.1) is 25.9 Å². The Hall–Kier alpha value is 0.0969. The number of ether oxygens (including phenoxy) is 2. The van der Waals surface area contributed by atoms with Crippen molar-refractivity contribution in [2.75, 3.05) is 19.8 Å². The lowest BCUT2D eigenvalue weighted by molar-refractivity contribution is 0.0126. The van der Waals surface area contributed by atoms with Crippen LogP contribution in [-0.4, -0.2) is 42.5 Å². The maximum Gasteiger partial charge on any atom is 0.146 e. The molecule has 0 aromatic rings. The first-order valence-corrected chi connectivity index (χ1v) is 4.90. The summed E-state index contributed by atoms with van der Waals surface area (Å²) in [6.07, 6.45) is 1.67. The molecule has 0 amide bonds. The van der Waals surface area contributed by atoms with E-state index in [1.807, 2.05) is 0 Å². The summed E-state index contributed by atoms with van der Waals surface area (Å²) in [5.74, 6) is 0. The van der Waals surface area contributed by atoms with Gasteiger partial charge in [0.1, 0.15) is 16.6 Å². The molecular formula is C7H16O3Si. The van der Waals surface area contributed by atoms with E-state index in [2.05, 4.69) is 6.92 Å². The summed E-state index contributed by atoms with van der Waals surface area (Å²) >= 11 is 0. The van der Waals surface area contributed by atoms with Crippen molar-refractivity contribution in [3.8, 4) is 0 Å². The van der Waals surface area contributed by atoms with Crippen LogP contribution in [0.25, 0.3) is 0 Å². The number of hydrogen-bond acceptors (Lipinski definition) is 3. The van der Waals surface area contributed by atoms with Crippen LogP contribution in [0, 0.1) is 0 Å². The minimum absolute atomic E-state index is 0.275. The van der Waals surface area contributed by atoms with Crippen LogP contribution in [0.3, 0.4) is 0 Å². The van der Waals surface area contributed by atoms with Crippen LogP contribution in [0.2, 0.25) is 0 Å². The van der Waals surface area contributed by atoms with Crippen LogP contribution in [0.4, 0.5) is 0 Å². The first-order valence-electron chi connectivity index (χ1n) is 4.09. The van der Waals surface area contributed by atoms with E-state index < -0.39 is 0 Å². The number of rotatable bonds is 6. The molecule has 0 aromatic heterocycles. The zero-order valence-electron chi connectivity index (χ0n) is 7.21. The maximum atomic E-state index is 5.53. The molecule has 1 heterocycles. The van der Waals surface area contributed by atoms with Gasteiger partial charge in [0, 0.05) is 0 Å². The molecule has 0 bridgehead atoms. The molecule has 3 nitrogen and oxygen atoms in total. The van der Waals surface area contributed by atoms with Crippen molar-refractivity contribution in [1.29, 1.82) is 0 Å². The Bertz CT molecular complexity index is 106. The second-order valence-corrected chi connectivity index (χ2v) is 3.35. The molecule has 0 N–H and O–H groups in total. The monoisotopic (exact) mass is 176 g/mol. The van der Waals surface area contributed by atoms with Crippen molar-refractivity contribution in [2.45, 2.75) is 25.6 Å². The lowest BCUT2D eigenvalue weighted by Gasteiger charge is -2.13. The minimum atomic E-state index is 0.275. The standard InChI is InChI=1S/C7H16O3Si/c1-2-6(5-10-11)8-3-7-4-9-7/h6-7H,2-5H2,1,11H3. The van der Waals surface area contributed by atoms with Crippen LogP contribution in [0.1, 0.15) is 13.3 Å². The molecule has 66 valence electrons. The Morgan fingerprint density at radius 3 is 2.91 bits per heavy atom. The lowest BCUT2D eigenvalue weighted by Crippen LogP contribution is -2.20. The summed E-state index contributed by atoms with van der Waals surface area (Å²) < 4.78 is 15.7. The van der Waals surface area contributed by atoms with E-state index in [1.165, 1.54) is 0 Å². The molecule has 0 aromatic carbocycles. The van der Waals surface area contributed by atoms with Crippen molar-refractivity contribution in [3.05, 3.63) is 0 Å². The average Bonchev–Trinajstić information content (AvgIpc) is 2.81. The van der Waals surface area contributed by atoms with Gasteiger partial charge in [-0.3, -0.25) is 0 Å². The summed E-state index contributed by atoms with van der Waals surface area (Å²) in [5, 5.41) is 0. The van der Waals surface area contributed by atoms with Gasteiger partial charge in [-0.2, -0.15) is 0 Å². The van der Waals surface area contributed by atoms with E-state index in [1.54, 1.807) is 0 Å². The molecule has 11 heavy (non-hydrogen) atoms. The van der Waals surface area contributed by atoms with E-state index in [0.29, 0.717) is 6.10 Å². The summed E-state index contributed by atoms with van der Waals surface area (Å²) in [4.78, 5) is 0. The molecule has 4 heteroatoms. The molecule has 0 aliphatic carbocycles. The molecule has 1 rings (SSSR count). The molecule has 1 saturated heterocycles. The van der Waals surface area contributed by atoms with E-state index in [0.717, 1.165) is 36.7 Å². The molecule has 0 radical (unpaired) electrons. The molecule has 1 aliphatic heterocycles. The van der Waals surface area contributed by atoms with Crippen molar-refractivity contribution in [2.24, 2.45) is 0 Å². The fourth-order valence-corrected chi connectivity index (χ4v) is 1.25. The van der Waals surface area contributed by atoms with Crippen LogP contribution in [0.5, 0.6) is 0 Å². The van der Waals surface area contributed by atoms with E-state index in [4.69, 9.17) is 13.9 Å². The highest BCUT2D eigenvalue weighted by Gasteiger charge is 2.23. The molecule has 2 atom stereocenters. The summed E-state index contributed by atoms with van der Waals surface area (Å²) in [7, 11) is 0.799. The third kappa shape index (κ3) is 3.86. The van der Waals surface area contributed by atoms with Gasteiger partial charge in [-0.1, -0.05) is 6.92 Å². The van der Waals surface area contributed by atoms with Gasteiger partial charge in [0.15, 0.2) is 0 Å². The molecular weight excluding hydrogens is 160 g/mol. The first-order chi connectivity index (χ1) is 5.36. The van der Waals surface area contributed by atoms with E-state index >= 15 is 0 Å². The van der Waals surface area contributed by atoms with Crippen molar-refractivity contribution < 1.29 is 13.9 Å². The van der Waals surface area contributed by atoms with Crippen molar-refractivity contribution in [3.63, 3.8) is 0 Å². The number of hydrogen-bond donors (Lipinski definition) is 0. The summed E-state index contributed by atoms with van der Waals surface area (Å²) in [5.41, 5.74) is 0. The zero-order chi connectivity index (χ0) is 8.10. The van der Waals surface area contributed by atoms with Crippen LogP contribution in [0.15, 0.2) is 0 Å². The largest absolute Gasteiger partial charge is 0.425 e. The van der Waals surface area contributed by atoms with Gasteiger partial charge in [-0.05, 0) is 6.42 Å². The highest BCUT2D eigenvalue weighted by atomic mass is 28.2. The minimum Gasteiger partial charge on any atom is -0.425 e. The molecule has 0 spiro atoms. The topological polar surface area (TPSA) is 31.0 Å². The first kappa shape index (κ1) is 9.19. The Balaban J connectivity index is 1.98. The van der Waals surface area contributed by atoms with Gasteiger partial charge in [-0.25, -0.2) is 0 Å². The average molecular weight is 176 g/mol. The van der Waals surface area contributed by atoms with Crippen LogP contribution >= 0.6 is 0 Å². The van der Waals surface area contributed by atoms with Crippen LogP contribution < -0.4 is 0 Å². The molecule has 1 fully saturated rings. The summed E-state index contributed by atoms with van der Waals surface area (Å²) in [6, 6.07) is 0. The SMILES string of the molecule is CCC(CO[SiH3])OCC1CO1. The Morgan fingerprint density at radius 1 is 1.73 bits per heavy atom. The van der Waals surface area contributed by atoms with Gasteiger partial charge in [0.2, 0.25) is 0 Å². The van der Waals surface area contributed by atoms with Gasteiger partial charge < -0.3 is 13.9 Å². The van der Waals surface area contributed by atoms with Gasteiger partial charge in [-0.15, -0.1) is 0 Å². The van der Waals surface area contributed by atoms with E-state index in [9.17, 15) is 0 Å². The van der Waals surface area contributed by atoms with Gasteiger partial charge in [0.25, 0.3) is 0 Å². The lowest BCUT2D eigenvalue weighted by atomic mass is 10.3. The quantitative estimate of drug-likeness (QED) is 0.403. The maximum absolute atomic E-state index is 5.53. The van der Waals surface area contributed by atoms with E-state index in [-0.39, 0.29) is 6.10 Å². The van der Waals surface area contributed by atoms with Crippen molar-refractivity contribution in [1.82, 2.24) is 0 Å². The normalized spacial score (nSPS) is 25.4. The second kappa shape index (κ2) is 4.87.